The lowest BCUT2D eigenvalue weighted by atomic mass is 10.0. The molecule has 0 unspecified atom stereocenters. The molecule has 0 N–H and O–H groups in total. The van der Waals surface area contributed by atoms with Crippen LogP contribution in [0.3, 0.4) is 0 Å². The van der Waals surface area contributed by atoms with Gasteiger partial charge < -0.3 is 4.90 Å². The molecule has 0 saturated heterocycles. The maximum Gasteiger partial charge on any atom is 0.134 e. The van der Waals surface area contributed by atoms with Crippen LogP contribution in [0.25, 0.3) is 11.1 Å². The van der Waals surface area contributed by atoms with Gasteiger partial charge in [-0.25, -0.2) is 0 Å². The number of nitrogens with zero attached hydrogens (tertiary/aromatic N) is 1. The van der Waals surface area contributed by atoms with Crippen molar-refractivity contribution in [2.45, 2.75) is 13.3 Å². The Morgan fingerprint density at radius 2 is 1.68 bits per heavy atom. The van der Waals surface area contributed by atoms with Crippen molar-refractivity contribution in [2.75, 3.05) is 19.0 Å². The van der Waals surface area contributed by atoms with Crippen molar-refractivity contribution in [1.82, 2.24) is 0 Å². The molecule has 0 aliphatic carbocycles. The molecule has 0 fully saturated rings. The van der Waals surface area contributed by atoms with E-state index in [4.69, 9.17) is 0 Å². The summed E-state index contributed by atoms with van der Waals surface area (Å²) in [6, 6.07) is 16.6. The van der Waals surface area contributed by atoms with Crippen LogP contribution in [0.2, 0.25) is 0 Å². The van der Waals surface area contributed by atoms with Crippen molar-refractivity contribution in [2.24, 2.45) is 0 Å². The Bertz CT molecular complexity index is 570. The summed E-state index contributed by atoms with van der Waals surface area (Å²) in [5, 5.41) is 0. The lowest BCUT2D eigenvalue weighted by Gasteiger charge is -2.13. The highest BCUT2D eigenvalue weighted by molar-refractivity contribution is 5.78. The van der Waals surface area contributed by atoms with Gasteiger partial charge in [-0.05, 0) is 35.7 Å². The number of hydrogen-bond donors (Lipinski definition) is 0. The van der Waals surface area contributed by atoms with Crippen molar-refractivity contribution in [3.63, 3.8) is 0 Å². The van der Waals surface area contributed by atoms with Crippen molar-refractivity contribution >= 4 is 11.5 Å². The van der Waals surface area contributed by atoms with E-state index in [-0.39, 0.29) is 5.78 Å². The zero-order valence-electron chi connectivity index (χ0n) is 11.7. The van der Waals surface area contributed by atoms with E-state index in [1.165, 1.54) is 16.8 Å². The molecule has 2 heteroatoms. The summed E-state index contributed by atoms with van der Waals surface area (Å²) >= 11 is 0. The third kappa shape index (κ3) is 3.44. The first-order valence-corrected chi connectivity index (χ1v) is 6.42. The molecule has 0 saturated carbocycles. The zero-order chi connectivity index (χ0) is 13.8. The lowest BCUT2D eigenvalue weighted by molar-refractivity contribution is -0.116. The van der Waals surface area contributed by atoms with Crippen LogP contribution < -0.4 is 4.90 Å². The molecule has 0 bridgehead atoms. The maximum absolute atomic E-state index is 11.1. The molecule has 2 aromatic carbocycles. The van der Waals surface area contributed by atoms with Crippen LogP contribution in [0, 0.1) is 0 Å². The summed E-state index contributed by atoms with van der Waals surface area (Å²) in [5.74, 6) is 0.197. The van der Waals surface area contributed by atoms with Gasteiger partial charge in [0.15, 0.2) is 0 Å². The highest BCUT2D eigenvalue weighted by Gasteiger charge is 2.02. The minimum absolute atomic E-state index is 0.197. The average Bonchev–Trinajstić information content (AvgIpc) is 2.39. The predicted molar refractivity (Wildman–Crippen MR) is 80.6 cm³/mol. The van der Waals surface area contributed by atoms with E-state index in [9.17, 15) is 4.79 Å². The number of ketones is 1. The average molecular weight is 253 g/mol. The SMILES string of the molecule is CC(=O)Cc1ccc(-c2cccc(N(C)C)c2)cc1. The minimum atomic E-state index is 0.197. The molecular formula is C17H19NO. The van der Waals surface area contributed by atoms with E-state index in [0.29, 0.717) is 6.42 Å². The van der Waals surface area contributed by atoms with Crippen LogP contribution in [-0.2, 0) is 11.2 Å². The quantitative estimate of drug-likeness (QED) is 0.830. The van der Waals surface area contributed by atoms with Crippen LogP contribution in [0.1, 0.15) is 12.5 Å². The van der Waals surface area contributed by atoms with E-state index < -0.39 is 0 Å². The maximum atomic E-state index is 11.1. The van der Waals surface area contributed by atoms with Gasteiger partial charge in [0, 0.05) is 26.2 Å². The normalized spacial score (nSPS) is 10.3. The van der Waals surface area contributed by atoms with Gasteiger partial charge >= 0.3 is 0 Å². The van der Waals surface area contributed by atoms with Gasteiger partial charge in [-0.3, -0.25) is 4.79 Å². The van der Waals surface area contributed by atoms with Gasteiger partial charge in [-0.15, -0.1) is 0 Å². The Kier molecular flexibility index (Phi) is 4.00. The fourth-order valence-electron chi connectivity index (χ4n) is 2.07. The Hall–Kier alpha value is -2.09. The molecule has 2 rings (SSSR count). The molecule has 2 aromatic rings. The highest BCUT2D eigenvalue weighted by atomic mass is 16.1. The summed E-state index contributed by atoms with van der Waals surface area (Å²) in [6.07, 6.45) is 0.512. The van der Waals surface area contributed by atoms with Crippen LogP contribution in [0.15, 0.2) is 48.5 Å². The Morgan fingerprint density at radius 1 is 1.00 bits per heavy atom. The van der Waals surface area contributed by atoms with Crippen molar-refractivity contribution in [3.8, 4) is 11.1 Å². The monoisotopic (exact) mass is 253 g/mol. The van der Waals surface area contributed by atoms with Crippen LogP contribution in [0.4, 0.5) is 5.69 Å². The van der Waals surface area contributed by atoms with E-state index in [1.54, 1.807) is 6.92 Å². The van der Waals surface area contributed by atoms with E-state index >= 15 is 0 Å². The molecule has 0 radical (unpaired) electrons. The third-order valence-electron chi connectivity index (χ3n) is 3.10. The number of rotatable bonds is 4. The molecule has 0 amide bonds. The minimum Gasteiger partial charge on any atom is -0.378 e. The third-order valence-corrected chi connectivity index (χ3v) is 3.10. The van der Waals surface area contributed by atoms with E-state index in [1.807, 2.05) is 26.2 Å². The first-order chi connectivity index (χ1) is 9.06. The molecule has 2 nitrogen and oxygen atoms in total. The van der Waals surface area contributed by atoms with E-state index in [0.717, 1.165) is 5.56 Å². The second-order valence-corrected chi connectivity index (χ2v) is 5.02. The largest absolute Gasteiger partial charge is 0.378 e. The van der Waals surface area contributed by atoms with Gasteiger partial charge in [0.1, 0.15) is 5.78 Å². The van der Waals surface area contributed by atoms with Gasteiger partial charge in [0.05, 0.1) is 0 Å². The molecular weight excluding hydrogens is 234 g/mol. The van der Waals surface area contributed by atoms with Gasteiger partial charge in [0.2, 0.25) is 0 Å². The molecule has 0 aliphatic heterocycles. The standard InChI is InChI=1S/C17H19NO/c1-13(19)11-14-7-9-15(10-8-14)16-5-4-6-17(12-16)18(2)3/h4-10,12H,11H2,1-3H3. The topological polar surface area (TPSA) is 20.3 Å². The lowest BCUT2D eigenvalue weighted by Crippen LogP contribution is -2.08. The molecule has 0 spiro atoms. The predicted octanol–water partition coefficient (Wildman–Crippen LogP) is 3.55. The first kappa shape index (κ1) is 13.3. The highest BCUT2D eigenvalue weighted by Crippen LogP contribution is 2.24. The number of anilines is 1. The number of Topliss-reactive ketones (excluding diaryl/α,β-unsaturated/α-hetero) is 1. The van der Waals surface area contributed by atoms with Crippen LogP contribution in [0.5, 0.6) is 0 Å². The van der Waals surface area contributed by atoms with Gasteiger partial charge in [-0.2, -0.15) is 0 Å². The van der Waals surface area contributed by atoms with Crippen molar-refractivity contribution < 1.29 is 4.79 Å². The second-order valence-electron chi connectivity index (χ2n) is 5.02. The summed E-state index contributed by atoms with van der Waals surface area (Å²) in [6.45, 7) is 1.62. The number of carbonyl (C=O) groups excluding carboxylic acids is 1. The second kappa shape index (κ2) is 5.70. The van der Waals surface area contributed by atoms with Gasteiger partial charge in [-0.1, -0.05) is 36.4 Å². The number of hydrogen-bond acceptors (Lipinski definition) is 2. The molecule has 0 aliphatic rings. The molecule has 0 aromatic heterocycles. The molecule has 0 heterocycles. The van der Waals surface area contributed by atoms with Crippen LogP contribution >= 0.6 is 0 Å². The fourth-order valence-corrected chi connectivity index (χ4v) is 2.07. The summed E-state index contributed by atoms with van der Waals surface area (Å²) < 4.78 is 0. The Labute approximate surface area is 114 Å². The molecule has 19 heavy (non-hydrogen) atoms. The van der Waals surface area contributed by atoms with Crippen LogP contribution in [-0.4, -0.2) is 19.9 Å². The Balaban J connectivity index is 2.26. The summed E-state index contributed by atoms with van der Waals surface area (Å²) in [7, 11) is 4.07. The summed E-state index contributed by atoms with van der Waals surface area (Å²) in [5.41, 5.74) is 4.63. The summed E-state index contributed by atoms with van der Waals surface area (Å²) in [4.78, 5) is 13.2. The molecule has 0 atom stereocenters. The first-order valence-electron chi connectivity index (χ1n) is 6.42. The molecule has 98 valence electrons. The zero-order valence-corrected chi connectivity index (χ0v) is 11.7. The van der Waals surface area contributed by atoms with E-state index in [2.05, 4.69) is 41.3 Å². The van der Waals surface area contributed by atoms with Crippen molar-refractivity contribution in [1.29, 1.82) is 0 Å². The number of benzene rings is 2. The van der Waals surface area contributed by atoms with Crippen molar-refractivity contribution in [3.05, 3.63) is 54.1 Å². The smallest absolute Gasteiger partial charge is 0.134 e. The Morgan fingerprint density at radius 3 is 2.26 bits per heavy atom. The number of carbonyl (C=O) groups is 1. The van der Waals surface area contributed by atoms with Gasteiger partial charge in [0.25, 0.3) is 0 Å². The fraction of sp³-hybridized carbons (Fsp3) is 0.235.